The van der Waals surface area contributed by atoms with Crippen LogP contribution in [0.5, 0.6) is 11.5 Å². The van der Waals surface area contributed by atoms with Gasteiger partial charge in [0.15, 0.2) is 17.8 Å². The molecule has 0 amide bonds. The number of hydrogen-bond acceptors (Lipinski definition) is 12. The number of ether oxygens (including phenoxy) is 6. The van der Waals surface area contributed by atoms with Gasteiger partial charge in [-0.3, -0.25) is 14.4 Å². The van der Waals surface area contributed by atoms with Gasteiger partial charge < -0.3 is 32.8 Å². The zero-order chi connectivity index (χ0) is 37.8. The highest BCUT2D eigenvalue weighted by Crippen LogP contribution is 2.68. The molecule has 2 saturated heterocycles. The highest BCUT2D eigenvalue weighted by Gasteiger charge is 2.78. The SMILES string of the molecule is COc1cc2c(c3oc4c(C)cccc4c(=O)c13)[C@@H](OC(=O)[C@@]13CC[C@@](C)(C(=O)O1)C3(C)C)[C@@H](OC(=O)[C@@]13CC[C@@](C)(C(=O)O1)C3(C)C)C(C)(C)O2. The number of carbonyl (C=O) groups is 4. The first kappa shape index (κ1) is 34.5. The van der Waals surface area contributed by atoms with Gasteiger partial charge in [0.1, 0.15) is 28.1 Å². The first-order valence-corrected chi connectivity index (χ1v) is 17.8. The van der Waals surface area contributed by atoms with Crippen molar-refractivity contribution >= 4 is 45.8 Å². The molecule has 8 rings (SSSR count). The number of rotatable bonds is 5. The van der Waals surface area contributed by atoms with E-state index in [9.17, 15) is 24.0 Å². The van der Waals surface area contributed by atoms with Crippen molar-refractivity contribution in [3.63, 3.8) is 0 Å². The van der Waals surface area contributed by atoms with Crippen molar-refractivity contribution in [1.82, 2.24) is 0 Å². The molecule has 12 heteroatoms. The molecule has 4 bridgehead atoms. The molecule has 0 radical (unpaired) electrons. The highest BCUT2D eigenvalue weighted by molar-refractivity contribution is 5.98. The van der Waals surface area contributed by atoms with Crippen molar-refractivity contribution < 1.29 is 52.0 Å². The third-order valence-corrected chi connectivity index (χ3v) is 14.3. The Morgan fingerprint density at radius 2 is 1.31 bits per heavy atom. The van der Waals surface area contributed by atoms with E-state index in [-0.39, 0.29) is 46.3 Å². The largest absolute Gasteiger partial charge is 0.496 e. The maximum atomic E-state index is 14.7. The molecule has 4 fully saturated rings. The third-order valence-electron chi connectivity index (χ3n) is 14.3. The second kappa shape index (κ2) is 10.1. The fourth-order valence-corrected chi connectivity index (χ4v) is 9.67. The number of carbonyl (C=O) groups excluding carboxylic acids is 4. The van der Waals surface area contributed by atoms with Crippen molar-refractivity contribution in [1.29, 1.82) is 0 Å². The van der Waals surface area contributed by atoms with E-state index in [1.54, 1.807) is 52.8 Å². The molecular formula is C40H44O12. The van der Waals surface area contributed by atoms with E-state index in [0.29, 0.717) is 29.4 Å². The average molecular weight is 717 g/mol. The van der Waals surface area contributed by atoms with Crippen LogP contribution in [0.4, 0.5) is 0 Å². The number of para-hydroxylation sites is 1. The van der Waals surface area contributed by atoms with E-state index in [0.717, 1.165) is 0 Å². The molecule has 0 spiro atoms. The molecule has 0 N–H and O–H groups in total. The summed E-state index contributed by atoms with van der Waals surface area (Å²) in [5.41, 5.74) is -7.61. The first-order valence-electron chi connectivity index (χ1n) is 17.8. The molecule has 3 aromatic rings. The standard InChI is InChI=1S/C40H44O12/c1-19-12-11-13-20-25(41)23-21(46-10)18-22-24(27(23)47-26(19)20)28(48-32(44)39-16-14-37(8,30(42)51-39)35(39,4)5)29(34(2,3)50-22)49-33(45)40-17-15-38(9,31(43)52-40)36(40,6)7/h11-13,18,28-29H,14-17H2,1-10H3/t28-,29-,37+,38+,39-,40-/m1/s1. The first-order chi connectivity index (χ1) is 24.1. The van der Waals surface area contributed by atoms with Crippen LogP contribution in [0.2, 0.25) is 0 Å². The van der Waals surface area contributed by atoms with Crippen LogP contribution in [0.15, 0.2) is 33.5 Å². The van der Waals surface area contributed by atoms with Gasteiger partial charge in [-0.2, -0.15) is 0 Å². The summed E-state index contributed by atoms with van der Waals surface area (Å²) in [6, 6.07) is 6.74. The zero-order valence-electron chi connectivity index (χ0n) is 31.2. The van der Waals surface area contributed by atoms with Crippen molar-refractivity contribution in [2.75, 3.05) is 7.11 Å². The van der Waals surface area contributed by atoms with Crippen molar-refractivity contribution in [3.8, 4) is 11.5 Å². The quantitative estimate of drug-likeness (QED) is 0.168. The number of methoxy groups -OCH3 is 1. The molecule has 2 aliphatic carbocycles. The summed E-state index contributed by atoms with van der Waals surface area (Å²) in [5.74, 6) is -2.27. The molecule has 4 heterocycles. The molecule has 0 unspecified atom stereocenters. The Bertz CT molecular complexity index is 2230. The van der Waals surface area contributed by atoms with Crippen molar-refractivity contribution in [3.05, 3.63) is 45.6 Å². The summed E-state index contributed by atoms with van der Waals surface area (Å²) < 4.78 is 43.5. The minimum Gasteiger partial charge on any atom is -0.496 e. The van der Waals surface area contributed by atoms with E-state index in [1.165, 1.54) is 13.2 Å². The Balaban J connectivity index is 1.34. The molecule has 5 aliphatic rings. The van der Waals surface area contributed by atoms with Gasteiger partial charge in [0.25, 0.3) is 0 Å². The summed E-state index contributed by atoms with van der Waals surface area (Å²) in [4.78, 5) is 69.9. The number of benzene rings is 2. The van der Waals surface area contributed by atoms with Gasteiger partial charge in [0.2, 0.25) is 16.6 Å². The molecule has 276 valence electrons. The number of hydrogen-bond donors (Lipinski definition) is 0. The summed E-state index contributed by atoms with van der Waals surface area (Å²) >= 11 is 0. The highest BCUT2D eigenvalue weighted by atomic mass is 16.7. The van der Waals surface area contributed by atoms with Crippen LogP contribution in [0, 0.1) is 28.6 Å². The van der Waals surface area contributed by atoms with Crippen LogP contribution >= 0.6 is 0 Å². The Kier molecular flexibility index (Phi) is 6.68. The smallest absolute Gasteiger partial charge is 0.351 e. The second-order valence-corrected chi connectivity index (χ2v) is 17.3. The van der Waals surface area contributed by atoms with E-state index in [1.807, 2.05) is 27.7 Å². The molecule has 1 aromatic heterocycles. The molecule has 3 aliphatic heterocycles. The van der Waals surface area contributed by atoms with Gasteiger partial charge in [0.05, 0.1) is 28.9 Å². The Morgan fingerprint density at radius 1 is 0.750 bits per heavy atom. The van der Waals surface area contributed by atoms with Crippen molar-refractivity contribution in [2.45, 2.75) is 117 Å². The van der Waals surface area contributed by atoms with Gasteiger partial charge >= 0.3 is 23.9 Å². The predicted octanol–water partition coefficient (Wildman–Crippen LogP) is 6.17. The lowest BCUT2D eigenvalue weighted by molar-refractivity contribution is -0.217. The fourth-order valence-electron chi connectivity index (χ4n) is 9.67. The Labute approximate surface area is 300 Å². The topological polar surface area (TPSA) is 154 Å². The Hall–Kier alpha value is -4.61. The number of aryl methyl sites for hydroxylation is 1. The molecule has 2 saturated carbocycles. The molecular weight excluding hydrogens is 672 g/mol. The second-order valence-electron chi connectivity index (χ2n) is 17.3. The van der Waals surface area contributed by atoms with E-state index in [2.05, 4.69) is 0 Å². The predicted molar refractivity (Wildman–Crippen MR) is 185 cm³/mol. The van der Waals surface area contributed by atoms with E-state index in [4.69, 9.17) is 32.8 Å². The van der Waals surface area contributed by atoms with Gasteiger partial charge in [-0.15, -0.1) is 0 Å². The number of fused-ring (bicyclic) bond motifs is 8. The van der Waals surface area contributed by atoms with E-state index < -0.39 is 74.5 Å². The molecule has 2 aromatic carbocycles. The van der Waals surface area contributed by atoms with E-state index >= 15 is 0 Å². The normalized spacial score (nSPS) is 34.4. The Morgan fingerprint density at radius 3 is 1.81 bits per heavy atom. The van der Waals surface area contributed by atoms with Crippen molar-refractivity contribution in [2.24, 2.45) is 21.7 Å². The molecule has 12 nitrogen and oxygen atoms in total. The lowest BCUT2D eigenvalue weighted by Crippen LogP contribution is -2.57. The summed E-state index contributed by atoms with van der Waals surface area (Å²) in [7, 11) is 1.42. The lowest BCUT2D eigenvalue weighted by atomic mass is 9.66. The lowest BCUT2D eigenvalue weighted by Gasteiger charge is -2.46. The van der Waals surface area contributed by atoms with Crippen LogP contribution in [0.1, 0.15) is 98.3 Å². The third kappa shape index (κ3) is 3.75. The monoisotopic (exact) mass is 716 g/mol. The average Bonchev–Trinajstić information content (AvgIpc) is 3.54. The van der Waals surface area contributed by atoms with Crippen LogP contribution in [0.25, 0.3) is 21.9 Å². The minimum atomic E-state index is -1.64. The molecule has 6 atom stereocenters. The van der Waals surface area contributed by atoms with Crippen LogP contribution in [0.3, 0.4) is 0 Å². The molecule has 52 heavy (non-hydrogen) atoms. The van der Waals surface area contributed by atoms with Gasteiger partial charge in [-0.1, -0.05) is 39.8 Å². The zero-order valence-corrected chi connectivity index (χ0v) is 31.2. The summed E-state index contributed by atoms with van der Waals surface area (Å²) in [6.45, 7) is 16.0. The van der Waals surface area contributed by atoms with Crippen LogP contribution < -0.4 is 14.9 Å². The van der Waals surface area contributed by atoms with Gasteiger partial charge in [-0.25, -0.2) is 9.59 Å². The van der Waals surface area contributed by atoms with Gasteiger partial charge in [-0.05, 0) is 71.9 Å². The summed E-state index contributed by atoms with van der Waals surface area (Å²) in [6.07, 6.45) is -1.53. The van der Waals surface area contributed by atoms with Crippen LogP contribution in [-0.4, -0.2) is 53.9 Å². The van der Waals surface area contributed by atoms with Crippen LogP contribution in [-0.2, 0) is 38.1 Å². The van der Waals surface area contributed by atoms with Gasteiger partial charge in [0, 0.05) is 16.9 Å². The summed E-state index contributed by atoms with van der Waals surface area (Å²) in [5, 5.41) is 0.390. The number of esters is 4. The maximum Gasteiger partial charge on any atom is 0.351 e. The maximum absolute atomic E-state index is 14.7. The minimum absolute atomic E-state index is 0.0196. The fraction of sp³-hybridized carbons (Fsp3) is 0.575.